The van der Waals surface area contributed by atoms with Gasteiger partial charge in [-0.1, -0.05) is 0 Å². The molecule has 1 N–H and O–H groups in total. The van der Waals surface area contributed by atoms with Crippen molar-refractivity contribution in [1.82, 2.24) is 10.3 Å². The van der Waals surface area contributed by atoms with Gasteiger partial charge in [0.25, 0.3) is 0 Å². The van der Waals surface area contributed by atoms with E-state index in [1.807, 2.05) is 24.5 Å². The number of carbonyl (C=O) groups is 1. The van der Waals surface area contributed by atoms with Crippen molar-refractivity contribution in [2.24, 2.45) is 0 Å². The van der Waals surface area contributed by atoms with Crippen LogP contribution in [0.4, 0.5) is 0 Å². The quantitative estimate of drug-likeness (QED) is 0.743. The number of hydrogen-bond acceptors (Lipinski definition) is 4. The molecule has 0 unspecified atom stereocenters. The molecule has 0 saturated carbocycles. The fourth-order valence-electron chi connectivity index (χ4n) is 1.75. The van der Waals surface area contributed by atoms with Crippen molar-refractivity contribution in [3.63, 3.8) is 0 Å². The molecule has 0 radical (unpaired) electrons. The summed E-state index contributed by atoms with van der Waals surface area (Å²) in [4.78, 5) is 15.8. The third-order valence-corrected chi connectivity index (χ3v) is 3.56. The first-order valence-electron chi connectivity index (χ1n) is 4.65. The van der Waals surface area contributed by atoms with Gasteiger partial charge in [-0.05, 0) is 18.3 Å². The van der Waals surface area contributed by atoms with Crippen molar-refractivity contribution in [2.45, 2.75) is 6.54 Å². The van der Waals surface area contributed by atoms with E-state index in [2.05, 4.69) is 10.3 Å². The Kier molecular flexibility index (Phi) is 1.82. The predicted octanol–water partition coefficient (Wildman–Crippen LogP) is 2.18. The van der Waals surface area contributed by atoms with E-state index < -0.39 is 0 Å². The second-order valence-corrected chi connectivity index (χ2v) is 4.47. The van der Waals surface area contributed by atoms with Crippen molar-refractivity contribution < 1.29 is 4.79 Å². The van der Waals surface area contributed by atoms with Gasteiger partial charge in [-0.15, -0.1) is 11.3 Å². The van der Waals surface area contributed by atoms with Gasteiger partial charge in [0.1, 0.15) is 0 Å². The van der Waals surface area contributed by atoms with E-state index in [1.54, 1.807) is 0 Å². The Hall–Kier alpha value is -1.68. The van der Waals surface area contributed by atoms with Gasteiger partial charge in [-0.2, -0.15) is 0 Å². The highest BCUT2D eigenvalue weighted by atomic mass is 32.1. The van der Waals surface area contributed by atoms with E-state index in [0.29, 0.717) is 0 Å². The molecule has 74 valence electrons. The van der Waals surface area contributed by atoms with Crippen LogP contribution in [-0.4, -0.2) is 11.3 Å². The van der Waals surface area contributed by atoms with Crippen molar-refractivity contribution in [3.05, 3.63) is 34.6 Å². The van der Waals surface area contributed by atoms with E-state index in [-0.39, 0.29) is 0 Å². The molecule has 2 aromatic rings. The zero-order valence-electron chi connectivity index (χ0n) is 7.86. The van der Waals surface area contributed by atoms with Crippen LogP contribution in [-0.2, 0) is 6.54 Å². The summed E-state index contributed by atoms with van der Waals surface area (Å²) in [5.41, 5.74) is 2.19. The van der Waals surface area contributed by atoms with Crippen molar-refractivity contribution in [1.29, 1.82) is 0 Å². The highest BCUT2D eigenvalue weighted by molar-refractivity contribution is 7.20. The lowest BCUT2D eigenvalue weighted by Crippen LogP contribution is -2.11. The average molecular weight is 216 g/mol. The fourth-order valence-corrected chi connectivity index (χ4v) is 2.74. The smallest absolute Gasteiger partial charge is 0.160 e. The number of nitrogens with one attached hydrogen (secondary N) is 1. The lowest BCUT2D eigenvalue weighted by Gasteiger charge is -2.10. The standard InChI is InChI=1S/C11H8N2OS/c14-6-8-3-7-4-13-10-5-12-2-1-9(10)11(7)15-8/h1-4,6,12H,5H2. The van der Waals surface area contributed by atoms with E-state index >= 15 is 0 Å². The zero-order valence-corrected chi connectivity index (χ0v) is 8.67. The molecule has 0 spiro atoms. The van der Waals surface area contributed by atoms with E-state index in [4.69, 9.17) is 0 Å². The van der Waals surface area contributed by atoms with Crippen LogP contribution >= 0.6 is 11.3 Å². The lowest BCUT2D eigenvalue weighted by molar-refractivity contribution is 0.112. The lowest BCUT2D eigenvalue weighted by atomic mass is 10.1. The largest absolute Gasteiger partial charge is 0.385 e. The number of nitrogens with zero attached hydrogens (tertiary/aromatic N) is 1. The van der Waals surface area contributed by atoms with E-state index in [0.717, 1.165) is 39.1 Å². The summed E-state index contributed by atoms with van der Waals surface area (Å²) in [5, 5.41) is 4.17. The van der Waals surface area contributed by atoms with Crippen LogP contribution in [0, 0.1) is 0 Å². The molecule has 0 amide bonds. The molecular weight excluding hydrogens is 208 g/mol. The molecule has 4 heteroatoms. The van der Waals surface area contributed by atoms with Crippen LogP contribution in [0.3, 0.4) is 0 Å². The Morgan fingerprint density at radius 3 is 3.33 bits per heavy atom. The topological polar surface area (TPSA) is 42.0 Å². The molecule has 15 heavy (non-hydrogen) atoms. The second kappa shape index (κ2) is 3.17. The highest BCUT2D eigenvalue weighted by Crippen LogP contribution is 2.30. The minimum atomic E-state index is 0.757. The normalized spacial score (nSPS) is 13.6. The Balaban J connectivity index is 2.36. The summed E-state index contributed by atoms with van der Waals surface area (Å²) in [6.07, 6.45) is 6.66. The second-order valence-electron chi connectivity index (χ2n) is 3.38. The van der Waals surface area contributed by atoms with Gasteiger partial charge in [-0.3, -0.25) is 9.78 Å². The van der Waals surface area contributed by atoms with Gasteiger partial charge in [0, 0.05) is 21.8 Å². The molecule has 0 aliphatic carbocycles. The molecule has 0 aromatic carbocycles. The SMILES string of the molecule is O=Cc1cc2cnc3c(c2s1)C=CNC3. The Morgan fingerprint density at radius 2 is 2.47 bits per heavy atom. The molecule has 2 aromatic heterocycles. The zero-order chi connectivity index (χ0) is 10.3. The van der Waals surface area contributed by atoms with Gasteiger partial charge < -0.3 is 5.32 Å². The van der Waals surface area contributed by atoms with Crippen molar-refractivity contribution >= 4 is 33.8 Å². The van der Waals surface area contributed by atoms with Crippen LogP contribution in [0.5, 0.6) is 0 Å². The first kappa shape index (κ1) is 8.61. The summed E-state index contributed by atoms with van der Waals surface area (Å²) < 4.78 is 1.15. The number of aromatic nitrogens is 1. The van der Waals surface area contributed by atoms with Crippen LogP contribution in [0.15, 0.2) is 18.5 Å². The molecule has 0 fully saturated rings. The molecule has 0 bridgehead atoms. The van der Waals surface area contributed by atoms with Crippen LogP contribution in [0.1, 0.15) is 20.9 Å². The van der Waals surface area contributed by atoms with Gasteiger partial charge >= 0.3 is 0 Å². The fraction of sp³-hybridized carbons (Fsp3) is 0.0909. The molecule has 1 aliphatic rings. The summed E-state index contributed by atoms with van der Waals surface area (Å²) >= 11 is 1.52. The Labute approximate surface area is 90.4 Å². The first-order valence-corrected chi connectivity index (χ1v) is 5.46. The molecule has 3 heterocycles. The minimum absolute atomic E-state index is 0.757. The van der Waals surface area contributed by atoms with Crippen molar-refractivity contribution in [2.75, 3.05) is 0 Å². The van der Waals surface area contributed by atoms with Crippen molar-refractivity contribution in [3.8, 4) is 0 Å². The number of thiophene rings is 1. The Bertz CT molecular complexity index is 571. The molecule has 3 nitrogen and oxygen atoms in total. The molecule has 3 rings (SSSR count). The average Bonchev–Trinajstić information content (AvgIpc) is 2.72. The molecule has 0 saturated heterocycles. The number of fused-ring (bicyclic) bond motifs is 3. The molecular formula is C11H8N2OS. The van der Waals surface area contributed by atoms with Gasteiger partial charge in [0.05, 0.1) is 17.1 Å². The van der Waals surface area contributed by atoms with Crippen LogP contribution < -0.4 is 5.32 Å². The third-order valence-electron chi connectivity index (χ3n) is 2.45. The maximum Gasteiger partial charge on any atom is 0.160 e. The first-order chi connectivity index (χ1) is 7.38. The Morgan fingerprint density at radius 1 is 1.53 bits per heavy atom. The van der Waals surface area contributed by atoms with Gasteiger partial charge in [0.2, 0.25) is 0 Å². The van der Waals surface area contributed by atoms with Crippen LogP contribution in [0.2, 0.25) is 0 Å². The number of rotatable bonds is 1. The summed E-state index contributed by atoms with van der Waals surface area (Å²) in [6, 6.07) is 1.89. The van der Waals surface area contributed by atoms with Crippen LogP contribution in [0.25, 0.3) is 16.2 Å². The summed E-state index contributed by atoms with van der Waals surface area (Å²) in [5.74, 6) is 0. The molecule has 0 atom stereocenters. The monoisotopic (exact) mass is 216 g/mol. The molecule has 1 aliphatic heterocycles. The number of aldehydes is 1. The highest BCUT2D eigenvalue weighted by Gasteiger charge is 2.11. The number of pyridine rings is 1. The van der Waals surface area contributed by atoms with E-state index in [9.17, 15) is 4.79 Å². The van der Waals surface area contributed by atoms with E-state index in [1.165, 1.54) is 11.3 Å². The number of hydrogen-bond donors (Lipinski definition) is 1. The predicted molar refractivity (Wildman–Crippen MR) is 60.9 cm³/mol. The summed E-state index contributed by atoms with van der Waals surface area (Å²) in [6.45, 7) is 0.760. The van der Waals surface area contributed by atoms with Gasteiger partial charge in [0.15, 0.2) is 6.29 Å². The summed E-state index contributed by atoms with van der Waals surface area (Å²) in [7, 11) is 0. The minimum Gasteiger partial charge on any atom is -0.385 e. The van der Waals surface area contributed by atoms with Gasteiger partial charge in [-0.25, -0.2) is 0 Å². The number of carbonyl (C=O) groups excluding carboxylic acids is 1. The maximum absolute atomic E-state index is 10.7. The maximum atomic E-state index is 10.7. The third kappa shape index (κ3) is 1.26.